The summed E-state index contributed by atoms with van der Waals surface area (Å²) in [4.78, 5) is 12.8. The Balaban J connectivity index is 1.71. The molecule has 1 amide bonds. The molecule has 0 radical (unpaired) electrons. The summed E-state index contributed by atoms with van der Waals surface area (Å²) in [6.07, 6.45) is 3.92. The highest BCUT2D eigenvalue weighted by molar-refractivity contribution is 14.1. The van der Waals surface area contributed by atoms with Crippen LogP contribution < -0.4 is 5.32 Å². The number of nitrogens with one attached hydrogen (secondary N) is 1. The maximum atomic E-state index is 12.8. The van der Waals surface area contributed by atoms with Gasteiger partial charge >= 0.3 is 0 Å². The van der Waals surface area contributed by atoms with Gasteiger partial charge in [-0.3, -0.25) is 4.79 Å². The lowest BCUT2D eigenvalue weighted by atomic mass is 10.1. The Bertz CT molecular complexity index is 944. The van der Waals surface area contributed by atoms with Crippen LogP contribution in [0, 0.1) is 10.5 Å². The molecule has 1 aliphatic rings. The van der Waals surface area contributed by atoms with Gasteiger partial charge in [0.2, 0.25) is 0 Å². The Morgan fingerprint density at radius 2 is 2.00 bits per heavy atom. The number of halogens is 1. The minimum absolute atomic E-state index is 0.0938. The molecule has 1 fully saturated rings. The molecule has 3 aromatic rings. The molecule has 1 N–H and O–H groups in total. The second-order valence-corrected chi connectivity index (χ2v) is 7.63. The number of anilines is 1. The first-order valence-corrected chi connectivity index (χ1v) is 9.42. The molecule has 4 nitrogen and oxygen atoms in total. The van der Waals surface area contributed by atoms with E-state index in [0.717, 1.165) is 39.0 Å². The van der Waals surface area contributed by atoms with Crippen LogP contribution in [0.25, 0.3) is 5.69 Å². The van der Waals surface area contributed by atoms with Crippen LogP contribution in [0.15, 0.2) is 54.7 Å². The van der Waals surface area contributed by atoms with Crippen molar-refractivity contribution in [3.05, 3.63) is 75.1 Å². The Labute approximate surface area is 160 Å². The monoisotopic (exact) mass is 443 g/mol. The van der Waals surface area contributed by atoms with Crippen molar-refractivity contribution < 1.29 is 4.79 Å². The first-order valence-electron chi connectivity index (χ1n) is 8.34. The van der Waals surface area contributed by atoms with Crippen LogP contribution in [0.3, 0.4) is 0 Å². The number of nitrogens with zero attached hydrogens (tertiary/aromatic N) is 2. The van der Waals surface area contributed by atoms with Crippen molar-refractivity contribution in [1.29, 1.82) is 0 Å². The molecule has 0 atom stereocenters. The van der Waals surface area contributed by atoms with Crippen LogP contribution in [0.5, 0.6) is 0 Å². The van der Waals surface area contributed by atoms with Crippen LogP contribution in [0.2, 0.25) is 0 Å². The fourth-order valence-electron chi connectivity index (χ4n) is 3.04. The van der Waals surface area contributed by atoms with E-state index in [0.29, 0.717) is 11.5 Å². The topological polar surface area (TPSA) is 46.9 Å². The van der Waals surface area contributed by atoms with E-state index in [1.807, 2.05) is 41.1 Å². The number of benzene rings is 2. The van der Waals surface area contributed by atoms with E-state index >= 15 is 0 Å². The molecule has 25 heavy (non-hydrogen) atoms. The number of hydrogen-bond donors (Lipinski definition) is 1. The van der Waals surface area contributed by atoms with Crippen molar-refractivity contribution in [2.24, 2.45) is 0 Å². The molecule has 1 heterocycles. The molecule has 0 unspecified atom stereocenters. The van der Waals surface area contributed by atoms with Crippen LogP contribution in [-0.2, 0) is 0 Å². The highest BCUT2D eigenvalue weighted by Gasteiger charge is 2.33. The molecule has 0 saturated heterocycles. The lowest BCUT2D eigenvalue weighted by Crippen LogP contribution is -2.14. The van der Waals surface area contributed by atoms with Gasteiger partial charge in [-0.15, -0.1) is 0 Å². The van der Waals surface area contributed by atoms with E-state index in [-0.39, 0.29) is 5.91 Å². The number of rotatable bonds is 4. The lowest BCUT2D eigenvalue weighted by Gasteiger charge is -2.11. The zero-order valence-corrected chi connectivity index (χ0v) is 16.0. The molecule has 0 spiro atoms. The summed E-state index contributed by atoms with van der Waals surface area (Å²) >= 11 is 2.24. The van der Waals surface area contributed by atoms with E-state index in [9.17, 15) is 4.79 Å². The molecule has 2 aromatic carbocycles. The first-order chi connectivity index (χ1) is 12.1. The van der Waals surface area contributed by atoms with E-state index in [1.54, 1.807) is 6.20 Å². The smallest absolute Gasteiger partial charge is 0.259 e. The summed E-state index contributed by atoms with van der Waals surface area (Å²) in [5, 5.41) is 7.55. The second kappa shape index (κ2) is 6.63. The van der Waals surface area contributed by atoms with Gasteiger partial charge in [0, 0.05) is 15.2 Å². The largest absolute Gasteiger partial charge is 0.322 e. The normalized spacial score (nSPS) is 13.7. The third kappa shape index (κ3) is 3.33. The maximum absolute atomic E-state index is 12.8. The number of carbonyl (C=O) groups excluding carboxylic acids is 1. The van der Waals surface area contributed by atoms with Gasteiger partial charge in [0.1, 0.15) is 0 Å². The SMILES string of the molecule is Cc1ccccc1-n1ncc(C(=O)Nc2cccc(I)c2)c1C1CC1. The van der Waals surface area contributed by atoms with Gasteiger partial charge < -0.3 is 5.32 Å². The minimum atomic E-state index is -0.0938. The quantitative estimate of drug-likeness (QED) is 0.583. The fraction of sp³-hybridized carbons (Fsp3) is 0.200. The zero-order chi connectivity index (χ0) is 17.4. The molecule has 1 aliphatic carbocycles. The number of carbonyl (C=O) groups is 1. The van der Waals surface area contributed by atoms with Crippen LogP contribution in [0.4, 0.5) is 5.69 Å². The van der Waals surface area contributed by atoms with E-state index < -0.39 is 0 Å². The molecule has 5 heteroatoms. The second-order valence-electron chi connectivity index (χ2n) is 6.38. The predicted molar refractivity (Wildman–Crippen MR) is 107 cm³/mol. The van der Waals surface area contributed by atoms with E-state index in [4.69, 9.17) is 0 Å². The van der Waals surface area contributed by atoms with Gasteiger partial charge in [-0.05, 0) is 72.2 Å². The molecule has 126 valence electrons. The Morgan fingerprint density at radius 1 is 1.20 bits per heavy atom. The van der Waals surface area contributed by atoms with Crippen molar-refractivity contribution >= 4 is 34.2 Å². The first kappa shape index (κ1) is 16.3. The number of aryl methyl sites for hydroxylation is 1. The summed E-state index contributed by atoms with van der Waals surface area (Å²) in [6, 6.07) is 16.0. The van der Waals surface area contributed by atoms with Crippen molar-refractivity contribution in [1.82, 2.24) is 9.78 Å². The number of amides is 1. The number of aromatic nitrogens is 2. The number of para-hydroxylation sites is 1. The Morgan fingerprint density at radius 3 is 2.72 bits per heavy atom. The third-order valence-corrected chi connectivity index (χ3v) is 5.11. The van der Waals surface area contributed by atoms with Gasteiger partial charge in [0.25, 0.3) is 5.91 Å². The molecule has 1 aromatic heterocycles. The fourth-order valence-corrected chi connectivity index (χ4v) is 3.58. The maximum Gasteiger partial charge on any atom is 0.259 e. The summed E-state index contributed by atoms with van der Waals surface area (Å²) in [5.41, 5.74) is 4.69. The van der Waals surface area contributed by atoms with Crippen molar-refractivity contribution in [2.45, 2.75) is 25.7 Å². The molecular weight excluding hydrogens is 425 g/mol. The Kier molecular flexibility index (Phi) is 4.33. The molecule has 0 aliphatic heterocycles. The van der Waals surface area contributed by atoms with Crippen molar-refractivity contribution in [2.75, 3.05) is 5.32 Å². The van der Waals surface area contributed by atoms with Crippen LogP contribution in [-0.4, -0.2) is 15.7 Å². The minimum Gasteiger partial charge on any atom is -0.322 e. The van der Waals surface area contributed by atoms with Gasteiger partial charge in [0.05, 0.1) is 23.1 Å². The summed E-state index contributed by atoms with van der Waals surface area (Å²) in [6.45, 7) is 2.07. The summed E-state index contributed by atoms with van der Waals surface area (Å²) < 4.78 is 3.03. The van der Waals surface area contributed by atoms with Gasteiger partial charge in [-0.25, -0.2) is 4.68 Å². The average Bonchev–Trinajstić information content (AvgIpc) is 3.34. The average molecular weight is 443 g/mol. The van der Waals surface area contributed by atoms with E-state index in [1.165, 1.54) is 0 Å². The van der Waals surface area contributed by atoms with Gasteiger partial charge in [-0.2, -0.15) is 5.10 Å². The van der Waals surface area contributed by atoms with E-state index in [2.05, 4.69) is 52.1 Å². The predicted octanol–water partition coefficient (Wildman–Crippen LogP) is 4.92. The summed E-state index contributed by atoms with van der Waals surface area (Å²) in [5.74, 6) is 0.322. The highest BCUT2D eigenvalue weighted by Crippen LogP contribution is 2.42. The van der Waals surface area contributed by atoms with Gasteiger partial charge in [0.15, 0.2) is 0 Å². The molecule has 1 saturated carbocycles. The standard InChI is InChI=1S/C20H18IN3O/c1-13-5-2-3-8-18(13)24-19(14-9-10-14)17(12-22-24)20(25)23-16-7-4-6-15(21)11-16/h2-8,11-12,14H,9-10H2,1H3,(H,23,25). The van der Waals surface area contributed by atoms with Crippen molar-refractivity contribution in [3.63, 3.8) is 0 Å². The van der Waals surface area contributed by atoms with Gasteiger partial charge in [-0.1, -0.05) is 24.3 Å². The lowest BCUT2D eigenvalue weighted by molar-refractivity contribution is 0.102. The van der Waals surface area contributed by atoms with Crippen LogP contribution >= 0.6 is 22.6 Å². The van der Waals surface area contributed by atoms with Crippen molar-refractivity contribution in [3.8, 4) is 5.69 Å². The molecular formula is C20H18IN3O. The zero-order valence-electron chi connectivity index (χ0n) is 13.9. The number of hydrogen-bond acceptors (Lipinski definition) is 2. The Hall–Kier alpha value is -2.15. The highest BCUT2D eigenvalue weighted by atomic mass is 127. The van der Waals surface area contributed by atoms with Crippen LogP contribution in [0.1, 0.15) is 40.4 Å². The molecule has 4 rings (SSSR count). The molecule has 0 bridgehead atoms. The third-order valence-electron chi connectivity index (χ3n) is 4.44. The summed E-state index contributed by atoms with van der Waals surface area (Å²) in [7, 11) is 0.